The monoisotopic (exact) mass is 298 g/mol. The molecule has 0 aliphatic heterocycles. The molecule has 1 aromatic carbocycles. The lowest BCUT2D eigenvalue weighted by atomic mass is 10.1. The molecule has 2 aromatic heterocycles. The molecule has 5 heteroatoms. The number of ether oxygens (including phenoxy) is 1. The fourth-order valence-corrected chi connectivity index (χ4v) is 2.32. The summed E-state index contributed by atoms with van der Waals surface area (Å²) in [5, 5.41) is 0. The Morgan fingerprint density at radius 2 is 1.95 bits per heavy atom. The molecule has 22 heavy (non-hydrogen) atoms. The molecule has 0 amide bonds. The van der Waals surface area contributed by atoms with Gasteiger partial charge >= 0.3 is 0 Å². The largest absolute Gasteiger partial charge is 0.384 e. The van der Waals surface area contributed by atoms with Gasteiger partial charge in [-0.15, -0.1) is 0 Å². The van der Waals surface area contributed by atoms with E-state index in [2.05, 4.69) is 4.98 Å². The van der Waals surface area contributed by atoms with Gasteiger partial charge in [0.05, 0.1) is 6.61 Å². The molecule has 0 bridgehead atoms. The normalized spacial score (nSPS) is 11.0. The first-order valence-corrected chi connectivity index (χ1v) is 6.94. The maximum atomic E-state index is 13.0. The highest BCUT2D eigenvalue weighted by Crippen LogP contribution is 2.20. The first-order chi connectivity index (χ1) is 10.7. The standard InChI is InChI=1S/C17H15FN2O2/c1-22-9-7-14-11-19-16-10-13(6-8-20(16)17(14)21)12-2-4-15(18)5-3-12/h2-6,8,10-11H,7,9H2,1H3. The topological polar surface area (TPSA) is 43.6 Å². The van der Waals surface area contributed by atoms with Crippen molar-refractivity contribution in [3.05, 3.63) is 70.5 Å². The van der Waals surface area contributed by atoms with E-state index >= 15 is 0 Å². The molecule has 0 radical (unpaired) electrons. The molecular weight excluding hydrogens is 283 g/mol. The number of methoxy groups -OCH3 is 1. The summed E-state index contributed by atoms with van der Waals surface area (Å²) in [7, 11) is 1.60. The maximum Gasteiger partial charge on any atom is 0.261 e. The molecule has 0 saturated heterocycles. The molecule has 0 aliphatic rings. The van der Waals surface area contributed by atoms with Crippen LogP contribution in [-0.2, 0) is 11.2 Å². The summed E-state index contributed by atoms with van der Waals surface area (Å²) in [6, 6.07) is 9.86. The van der Waals surface area contributed by atoms with Gasteiger partial charge in [-0.3, -0.25) is 9.20 Å². The van der Waals surface area contributed by atoms with E-state index in [1.54, 1.807) is 31.6 Å². The number of hydrogen-bond donors (Lipinski definition) is 0. The summed E-state index contributed by atoms with van der Waals surface area (Å²) in [5.41, 5.74) is 2.85. The number of benzene rings is 1. The van der Waals surface area contributed by atoms with Crippen molar-refractivity contribution in [3.8, 4) is 11.1 Å². The molecule has 0 atom stereocenters. The molecule has 0 unspecified atom stereocenters. The predicted octanol–water partition coefficient (Wildman–Crippen LogP) is 2.69. The van der Waals surface area contributed by atoms with Crippen LogP contribution in [0.3, 0.4) is 0 Å². The zero-order valence-corrected chi connectivity index (χ0v) is 12.1. The third-order valence-electron chi connectivity index (χ3n) is 3.53. The molecule has 3 rings (SSSR count). The van der Waals surface area contributed by atoms with E-state index in [0.29, 0.717) is 24.2 Å². The maximum absolute atomic E-state index is 13.0. The molecular formula is C17H15FN2O2. The van der Waals surface area contributed by atoms with E-state index in [1.807, 2.05) is 12.1 Å². The van der Waals surface area contributed by atoms with Crippen LogP contribution in [0, 0.1) is 5.82 Å². The van der Waals surface area contributed by atoms with Gasteiger partial charge in [0.15, 0.2) is 0 Å². The third-order valence-corrected chi connectivity index (χ3v) is 3.53. The van der Waals surface area contributed by atoms with Gasteiger partial charge < -0.3 is 4.74 Å². The lowest BCUT2D eigenvalue weighted by Gasteiger charge is -2.07. The Kier molecular flexibility index (Phi) is 3.98. The van der Waals surface area contributed by atoms with Crippen LogP contribution >= 0.6 is 0 Å². The Hall–Kier alpha value is -2.53. The van der Waals surface area contributed by atoms with Gasteiger partial charge in [0.2, 0.25) is 0 Å². The van der Waals surface area contributed by atoms with Crippen molar-refractivity contribution in [1.29, 1.82) is 0 Å². The summed E-state index contributed by atoms with van der Waals surface area (Å²) in [5.74, 6) is -0.276. The highest BCUT2D eigenvalue weighted by molar-refractivity contribution is 5.67. The molecule has 0 fully saturated rings. The highest BCUT2D eigenvalue weighted by atomic mass is 19.1. The van der Waals surface area contributed by atoms with Crippen LogP contribution in [-0.4, -0.2) is 23.1 Å². The quantitative estimate of drug-likeness (QED) is 0.744. The SMILES string of the molecule is COCCc1cnc2cc(-c3ccc(F)cc3)ccn2c1=O. The van der Waals surface area contributed by atoms with Crippen LogP contribution in [0.1, 0.15) is 5.56 Å². The van der Waals surface area contributed by atoms with Crippen molar-refractivity contribution in [3.63, 3.8) is 0 Å². The zero-order chi connectivity index (χ0) is 15.5. The van der Waals surface area contributed by atoms with Crippen molar-refractivity contribution in [2.75, 3.05) is 13.7 Å². The van der Waals surface area contributed by atoms with Crippen molar-refractivity contribution in [2.24, 2.45) is 0 Å². The van der Waals surface area contributed by atoms with E-state index in [0.717, 1.165) is 11.1 Å². The lowest BCUT2D eigenvalue weighted by molar-refractivity contribution is 0.202. The van der Waals surface area contributed by atoms with Gasteiger partial charge in [-0.2, -0.15) is 0 Å². The molecule has 0 spiro atoms. The Morgan fingerprint density at radius 1 is 1.18 bits per heavy atom. The molecule has 112 valence electrons. The molecule has 0 aliphatic carbocycles. The number of halogens is 1. The average Bonchev–Trinajstić information content (AvgIpc) is 2.55. The summed E-state index contributed by atoms with van der Waals surface area (Å²) in [6.07, 6.45) is 3.82. The van der Waals surface area contributed by atoms with Gasteiger partial charge in [-0.25, -0.2) is 9.37 Å². The van der Waals surface area contributed by atoms with Crippen LogP contribution in [0.2, 0.25) is 0 Å². The number of hydrogen-bond acceptors (Lipinski definition) is 3. The molecule has 0 N–H and O–H groups in total. The first-order valence-electron chi connectivity index (χ1n) is 6.94. The minimum absolute atomic E-state index is 0.0901. The third kappa shape index (κ3) is 2.76. The molecule has 2 heterocycles. The lowest BCUT2D eigenvalue weighted by Crippen LogP contribution is -2.20. The second-order valence-corrected chi connectivity index (χ2v) is 4.98. The second-order valence-electron chi connectivity index (χ2n) is 4.98. The number of rotatable bonds is 4. The minimum Gasteiger partial charge on any atom is -0.384 e. The van der Waals surface area contributed by atoms with E-state index in [1.165, 1.54) is 16.5 Å². The first kappa shape index (κ1) is 14.4. The van der Waals surface area contributed by atoms with Gasteiger partial charge in [-0.1, -0.05) is 12.1 Å². The highest BCUT2D eigenvalue weighted by Gasteiger charge is 2.06. The minimum atomic E-state index is -0.276. The second kappa shape index (κ2) is 6.07. The summed E-state index contributed by atoms with van der Waals surface area (Å²) in [4.78, 5) is 16.7. The summed E-state index contributed by atoms with van der Waals surface area (Å²) < 4.78 is 19.5. The van der Waals surface area contributed by atoms with Crippen molar-refractivity contribution >= 4 is 5.65 Å². The van der Waals surface area contributed by atoms with Crippen LogP contribution in [0.15, 0.2) is 53.6 Å². The van der Waals surface area contributed by atoms with Gasteiger partial charge in [-0.05, 0) is 35.4 Å². The Balaban J connectivity index is 2.04. The molecule has 0 saturated carbocycles. The van der Waals surface area contributed by atoms with Crippen LogP contribution in [0.25, 0.3) is 16.8 Å². The van der Waals surface area contributed by atoms with Crippen LogP contribution < -0.4 is 5.56 Å². The van der Waals surface area contributed by atoms with E-state index in [9.17, 15) is 9.18 Å². The fraction of sp³-hybridized carbons (Fsp3) is 0.176. The number of fused-ring (bicyclic) bond motifs is 1. The van der Waals surface area contributed by atoms with Crippen LogP contribution in [0.4, 0.5) is 4.39 Å². The van der Waals surface area contributed by atoms with Crippen LogP contribution in [0.5, 0.6) is 0 Å². The smallest absolute Gasteiger partial charge is 0.261 e. The van der Waals surface area contributed by atoms with E-state index in [-0.39, 0.29) is 11.4 Å². The fourth-order valence-electron chi connectivity index (χ4n) is 2.32. The number of nitrogens with zero attached hydrogens (tertiary/aromatic N) is 2. The van der Waals surface area contributed by atoms with Crippen molar-refractivity contribution in [1.82, 2.24) is 9.38 Å². The molecule has 3 aromatic rings. The van der Waals surface area contributed by atoms with Gasteiger partial charge in [0.1, 0.15) is 11.5 Å². The van der Waals surface area contributed by atoms with Gasteiger partial charge in [0, 0.05) is 31.5 Å². The molecule has 4 nitrogen and oxygen atoms in total. The number of pyridine rings is 1. The number of aromatic nitrogens is 2. The zero-order valence-electron chi connectivity index (χ0n) is 12.1. The van der Waals surface area contributed by atoms with Crippen molar-refractivity contribution < 1.29 is 9.13 Å². The Morgan fingerprint density at radius 3 is 2.68 bits per heavy atom. The summed E-state index contributed by atoms with van der Waals surface area (Å²) in [6.45, 7) is 0.483. The predicted molar refractivity (Wildman–Crippen MR) is 82.4 cm³/mol. The Bertz CT molecular complexity index is 857. The van der Waals surface area contributed by atoms with E-state index in [4.69, 9.17) is 4.74 Å². The van der Waals surface area contributed by atoms with Crippen molar-refractivity contribution in [2.45, 2.75) is 6.42 Å². The van der Waals surface area contributed by atoms with Gasteiger partial charge in [0.25, 0.3) is 5.56 Å². The van der Waals surface area contributed by atoms with E-state index < -0.39 is 0 Å². The Labute approximate surface area is 126 Å². The summed E-state index contributed by atoms with van der Waals surface area (Å²) >= 11 is 0. The average molecular weight is 298 g/mol.